The van der Waals surface area contributed by atoms with Crippen LogP contribution >= 0.6 is 0 Å². The molecule has 7 heteroatoms. The average molecular weight is 398 g/mol. The van der Waals surface area contributed by atoms with E-state index < -0.39 is 17.5 Å². The number of nitrogens with one attached hydrogen (secondary N) is 1. The molecule has 1 fully saturated rings. The third kappa shape index (κ3) is 4.56. The molecule has 1 aliphatic heterocycles. The molecule has 2 heterocycles. The summed E-state index contributed by atoms with van der Waals surface area (Å²) >= 11 is 0. The van der Waals surface area contributed by atoms with Gasteiger partial charge in [-0.15, -0.1) is 0 Å². The van der Waals surface area contributed by atoms with Gasteiger partial charge in [0.2, 0.25) is 5.56 Å². The number of likely N-dealkylation sites (tertiary alicyclic amines) is 1. The first kappa shape index (κ1) is 20.8. The molecular weight excluding hydrogens is 372 g/mol. The van der Waals surface area contributed by atoms with E-state index >= 15 is 0 Å². The molecule has 29 heavy (non-hydrogen) atoms. The van der Waals surface area contributed by atoms with Gasteiger partial charge < -0.3 is 20.1 Å². The van der Waals surface area contributed by atoms with Gasteiger partial charge in [-0.05, 0) is 44.2 Å². The van der Waals surface area contributed by atoms with Gasteiger partial charge >= 0.3 is 5.97 Å². The molecule has 1 aromatic heterocycles. The lowest BCUT2D eigenvalue weighted by atomic mass is 9.73. The Bertz CT molecular complexity index is 940. The molecule has 1 amide bonds. The predicted molar refractivity (Wildman–Crippen MR) is 108 cm³/mol. The zero-order chi connectivity index (χ0) is 21.0. The first-order valence-electron chi connectivity index (χ1n) is 9.77. The Labute approximate surface area is 169 Å². The Kier molecular flexibility index (Phi) is 6.17. The van der Waals surface area contributed by atoms with E-state index in [-0.39, 0.29) is 43.0 Å². The number of aromatic nitrogens is 1. The number of aromatic amines is 1. The number of hydrogen-bond acceptors (Lipinski definition) is 4. The summed E-state index contributed by atoms with van der Waals surface area (Å²) in [6, 6.07) is 12.5. The monoisotopic (exact) mass is 398 g/mol. The molecule has 1 saturated heterocycles. The summed E-state index contributed by atoms with van der Waals surface area (Å²) in [7, 11) is 0. The quantitative estimate of drug-likeness (QED) is 0.689. The number of carboxylic acids is 1. The van der Waals surface area contributed by atoms with Crippen molar-refractivity contribution in [1.29, 1.82) is 0 Å². The third-order valence-electron chi connectivity index (χ3n) is 5.65. The molecule has 1 aliphatic rings. The number of pyridine rings is 1. The molecule has 0 radical (unpaired) electrons. The molecular formula is C22H26N2O5. The number of nitrogens with zero attached hydrogens (tertiary/aromatic N) is 1. The number of hydrogen-bond donors (Lipinski definition) is 3. The number of amides is 1. The van der Waals surface area contributed by atoms with Crippen molar-refractivity contribution in [3.05, 3.63) is 69.6 Å². The fourth-order valence-corrected chi connectivity index (χ4v) is 4.06. The number of aliphatic hydroxyl groups excluding tert-OH is 1. The molecule has 0 aliphatic carbocycles. The third-order valence-corrected chi connectivity index (χ3v) is 5.65. The Morgan fingerprint density at radius 2 is 1.97 bits per heavy atom. The van der Waals surface area contributed by atoms with Crippen LogP contribution in [0.25, 0.3) is 0 Å². The highest BCUT2D eigenvalue weighted by Crippen LogP contribution is 2.36. The normalized spacial score (nSPS) is 21.7. The number of piperidine rings is 1. The molecule has 3 rings (SSSR count). The van der Waals surface area contributed by atoms with Crippen LogP contribution in [0.4, 0.5) is 0 Å². The maximum atomic E-state index is 12.9. The topological polar surface area (TPSA) is 111 Å². The van der Waals surface area contributed by atoms with Gasteiger partial charge in [0.1, 0.15) is 5.41 Å². The highest BCUT2D eigenvalue weighted by Gasteiger charge is 2.49. The summed E-state index contributed by atoms with van der Waals surface area (Å²) in [5, 5.41) is 20.5. The minimum Gasteiger partial charge on any atom is -0.481 e. The van der Waals surface area contributed by atoms with Crippen LogP contribution in [0.2, 0.25) is 0 Å². The van der Waals surface area contributed by atoms with Crippen molar-refractivity contribution in [2.75, 3.05) is 13.1 Å². The SMILES string of the molecule is Cc1cc(C(=O)N2CC[C@@H](O)[C@](CCCc3ccccc3)(C(=O)O)C2)cc(=O)[nH]1. The second kappa shape index (κ2) is 8.61. The van der Waals surface area contributed by atoms with Gasteiger partial charge in [-0.1, -0.05) is 30.3 Å². The molecule has 0 unspecified atom stereocenters. The maximum Gasteiger partial charge on any atom is 0.314 e. The Hall–Kier alpha value is -2.93. The van der Waals surface area contributed by atoms with Crippen LogP contribution in [0.15, 0.2) is 47.3 Å². The summed E-state index contributed by atoms with van der Waals surface area (Å²) in [6.45, 7) is 1.85. The van der Waals surface area contributed by atoms with Gasteiger partial charge in [0.15, 0.2) is 0 Å². The van der Waals surface area contributed by atoms with E-state index in [1.165, 1.54) is 11.0 Å². The summed E-state index contributed by atoms with van der Waals surface area (Å²) in [5.41, 5.74) is 0.0957. The van der Waals surface area contributed by atoms with E-state index in [4.69, 9.17) is 0 Å². The fraction of sp³-hybridized carbons (Fsp3) is 0.409. The highest BCUT2D eigenvalue weighted by atomic mass is 16.4. The van der Waals surface area contributed by atoms with Crippen LogP contribution < -0.4 is 5.56 Å². The zero-order valence-electron chi connectivity index (χ0n) is 16.4. The number of aliphatic hydroxyl groups is 1. The summed E-state index contributed by atoms with van der Waals surface area (Å²) in [4.78, 5) is 40.8. The van der Waals surface area contributed by atoms with Gasteiger partial charge in [-0.3, -0.25) is 14.4 Å². The van der Waals surface area contributed by atoms with Gasteiger partial charge in [0.25, 0.3) is 5.91 Å². The molecule has 3 N–H and O–H groups in total. The van der Waals surface area contributed by atoms with Crippen molar-refractivity contribution in [2.45, 2.75) is 38.7 Å². The van der Waals surface area contributed by atoms with Gasteiger partial charge in [0.05, 0.1) is 6.10 Å². The minimum atomic E-state index is -1.42. The predicted octanol–water partition coefficient (Wildman–Crippen LogP) is 1.98. The smallest absolute Gasteiger partial charge is 0.314 e. The number of aliphatic carboxylic acids is 1. The number of benzene rings is 1. The van der Waals surface area contributed by atoms with Crippen molar-refractivity contribution in [2.24, 2.45) is 5.41 Å². The lowest BCUT2D eigenvalue weighted by molar-refractivity contribution is -0.162. The van der Waals surface area contributed by atoms with Crippen LogP contribution in [0, 0.1) is 12.3 Å². The highest BCUT2D eigenvalue weighted by molar-refractivity contribution is 5.94. The standard InChI is InChI=1S/C22H26N2O5/c1-15-12-17(13-19(26)23-15)20(27)24-11-9-18(25)22(14-24,21(28)29)10-5-8-16-6-3-2-4-7-16/h2-4,6-7,12-13,18,25H,5,8-11,14H2,1H3,(H,23,26)(H,28,29)/t18-,22-/m1/s1. The van der Waals surface area contributed by atoms with Gasteiger partial charge in [0, 0.05) is 30.4 Å². The van der Waals surface area contributed by atoms with E-state index in [9.17, 15) is 24.6 Å². The number of carbonyl (C=O) groups excluding carboxylic acids is 1. The Morgan fingerprint density at radius 1 is 1.24 bits per heavy atom. The number of carboxylic acid groups (broad SMARTS) is 1. The largest absolute Gasteiger partial charge is 0.481 e. The molecule has 2 atom stereocenters. The number of H-pyrrole nitrogens is 1. The molecule has 0 bridgehead atoms. The molecule has 0 spiro atoms. The second-order valence-corrected chi connectivity index (χ2v) is 7.75. The number of carbonyl (C=O) groups is 2. The van der Waals surface area contributed by atoms with E-state index in [0.29, 0.717) is 18.5 Å². The molecule has 154 valence electrons. The summed E-state index contributed by atoms with van der Waals surface area (Å²) in [5.74, 6) is -1.49. The molecule has 0 saturated carbocycles. The van der Waals surface area contributed by atoms with Crippen molar-refractivity contribution in [3.8, 4) is 0 Å². The van der Waals surface area contributed by atoms with Crippen LogP contribution in [0.1, 0.15) is 40.9 Å². The van der Waals surface area contributed by atoms with Crippen LogP contribution in [0.5, 0.6) is 0 Å². The zero-order valence-corrected chi connectivity index (χ0v) is 16.4. The van der Waals surface area contributed by atoms with Gasteiger partial charge in [-0.25, -0.2) is 0 Å². The van der Waals surface area contributed by atoms with Crippen LogP contribution in [0.3, 0.4) is 0 Å². The summed E-state index contributed by atoms with van der Waals surface area (Å²) < 4.78 is 0. The molecule has 7 nitrogen and oxygen atoms in total. The van der Waals surface area contributed by atoms with E-state index in [2.05, 4.69) is 4.98 Å². The second-order valence-electron chi connectivity index (χ2n) is 7.75. The Balaban J connectivity index is 1.78. The van der Waals surface area contributed by atoms with Crippen molar-refractivity contribution in [1.82, 2.24) is 9.88 Å². The van der Waals surface area contributed by atoms with Crippen molar-refractivity contribution in [3.63, 3.8) is 0 Å². The average Bonchev–Trinajstić information content (AvgIpc) is 2.69. The van der Waals surface area contributed by atoms with Crippen LogP contribution in [-0.4, -0.2) is 51.2 Å². The first-order chi connectivity index (χ1) is 13.8. The summed E-state index contributed by atoms with van der Waals surface area (Å²) in [6.07, 6.45) is 0.701. The Morgan fingerprint density at radius 3 is 2.62 bits per heavy atom. The van der Waals surface area contributed by atoms with Gasteiger partial charge in [-0.2, -0.15) is 0 Å². The lowest BCUT2D eigenvalue weighted by Crippen LogP contribution is -2.57. The van der Waals surface area contributed by atoms with Crippen LogP contribution in [-0.2, 0) is 11.2 Å². The van der Waals surface area contributed by atoms with E-state index in [0.717, 1.165) is 5.56 Å². The van der Waals surface area contributed by atoms with Crippen molar-refractivity contribution >= 4 is 11.9 Å². The first-order valence-corrected chi connectivity index (χ1v) is 9.77. The fourth-order valence-electron chi connectivity index (χ4n) is 4.06. The molecule has 1 aromatic carbocycles. The number of aryl methyl sites for hydroxylation is 2. The lowest BCUT2D eigenvalue weighted by Gasteiger charge is -2.43. The minimum absolute atomic E-state index is 0.0804. The van der Waals surface area contributed by atoms with E-state index in [1.54, 1.807) is 13.0 Å². The number of rotatable bonds is 6. The van der Waals surface area contributed by atoms with Crippen molar-refractivity contribution < 1.29 is 19.8 Å². The molecule has 2 aromatic rings. The maximum absolute atomic E-state index is 12.9. The van der Waals surface area contributed by atoms with E-state index in [1.807, 2.05) is 30.3 Å².